The Bertz CT molecular complexity index is 5450. The maximum Gasteiger partial charge on any atom is 0.558 e. The number of rotatable bonds is 8. The molecule has 99 heavy (non-hydrogen) atoms. The van der Waals surface area contributed by atoms with Gasteiger partial charge in [-0.3, -0.25) is 0 Å². The first-order chi connectivity index (χ1) is 48.0. The SMILES string of the molecule is C1=CC2=NC1=Cc1ccc3[n]1[AlH][n]1c(ccc1=CC1=NC(=C3)C=C1)=C2.CC1=C(C)C2=NC1=Cc1c(C)c(C)c3[n]1[AlH][n]1c(c(C)c(C)c1=CC1=NC(=C3)C(C)=C1C)=C2.CCC1=C(CC)C2=NC1=Cc1c(CC)c(CC)c3[n]1[AlH][n]1c(c(CC)c(CC)c1=CC1=NC(=C3)C(CC)=C1CC)=C2. The molecule has 492 valence electrons. The highest BCUT2D eigenvalue weighted by atomic mass is 27.1. The molecule has 0 saturated carbocycles. The summed E-state index contributed by atoms with van der Waals surface area (Å²) in [4.78, 5) is 30.4. The average Bonchev–Trinajstić information content (AvgIpc) is 1.58. The minimum Gasteiger partial charge on any atom is -0.418 e. The van der Waals surface area contributed by atoms with Crippen molar-refractivity contribution in [3.8, 4) is 0 Å². The van der Waals surface area contributed by atoms with Gasteiger partial charge in [0.25, 0.3) is 0 Å². The van der Waals surface area contributed by atoms with Gasteiger partial charge < -0.3 is 21.3 Å². The Balaban J connectivity index is 0.000000119. The van der Waals surface area contributed by atoms with Crippen LogP contribution in [0, 0.1) is 27.7 Å². The van der Waals surface area contributed by atoms with E-state index in [1.54, 1.807) is 0 Å². The molecule has 6 aromatic rings. The van der Waals surface area contributed by atoms with Crippen molar-refractivity contribution in [2.45, 2.75) is 162 Å². The van der Waals surface area contributed by atoms with E-state index in [2.05, 4.69) is 254 Å². The van der Waals surface area contributed by atoms with Crippen molar-refractivity contribution in [1.29, 1.82) is 0 Å². The van der Waals surface area contributed by atoms with Crippen molar-refractivity contribution in [2.24, 2.45) is 30.0 Å². The number of aromatic nitrogens is 6. The molecule has 18 rings (SSSR count). The number of nitrogens with zero attached hydrogens (tertiary/aromatic N) is 12. The molecule has 6 aromatic heterocycles. The minimum atomic E-state index is -0.976. The standard InChI is InChI=1S/C36H44N4.C28H28N4.C20H12N4.3Al.3H/c1-9-21-22(10-2)30-18-32-25(13-5)26(14-6)34(39-32)20-36-28(16-8)27(15-7)35(40-36)19-33-24(12-4)23(11-3)31(38-33)17-29(21)37-30;1-13-14(2)22-10-24-17(5)18(6)26(31-24)12-28-20(8)19(7)27(32-28)11-25-16(4)15(3)23(30-25)9-21(13)29-22;1-2-14-10-16-5-6-18(23-16)12-20-8-7-19(24-20)11-17-4-3-15(22-17)9-13(1)21-14;;;;;;/h17-20H,9-16H2,1-8H3;9-12H,1-8H3;1-12H;;;;;;/q3*-2;3*+2;;;. The van der Waals surface area contributed by atoms with E-state index >= 15 is 0 Å². The summed E-state index contributed by atoms with van der Waals surface area (Å²) in [5.41, 5.74) is 43.0. The second-order valence-electron chi connectivity index (χ2n) is 27.9. The lowest BCUT2D eigenvalue weighted by molar-refractivity contribution is 1.00. The summed E-state index contributed by atoms with van der Waals surface area (Å²) in [7, 11) is 0. The van der Waals surface area contributed by atoms with Crippen molar-refractivity contribution in [1.82, 2.24) is 21.3 Å². The Hall–Kier alpha value is -8.60. The van der Waals surface area contributed by atoms with E-state index in [0.717, 1.165) is 97.0 Å². The number of aliphatic imine (C=N–C) groups is 6. The lowest BCUT2D eigenvalue weighted by Crippen LogP contribution is -2.38. The van der Waals surface area contributed by atoms with Gasteiger partial charge in [-0.05, 0) is 317 Å². The van der Waals surface area contributed by atoms with Gasteiger partial charge in [0, 0.05) is 66.3 Å². The molecule has 0 N–H and O–H groups in total. The number of hydrogen-bond donors (Lipinski definition) is 0. The van der Waals surface area contributed by atoms with Crippen LogP contribution in [0.15, 0.2) is 157 Å². The molecule has 0 atom stereocenters. The van der Waals surface area contributed by atoms with Crippen LogP contribution in [0.4, 0.5) is 0 Å². The Morgan fingerprint density at radius 1 is 0.283 bits per heavy atom. The van der Waals surface area contributed by atoms with Crippen molar-refractivity contribution in [2.75, 3.05) is 0 Å². The third-order valence-electron chi connectivity index (χ3n) is 23.1. The van der Waals surface area contributed by atoms with Gasteiger partial charge in [-0.1, -0.05) is 55.4 Å². The first-order valence-electron chi connectivity index (χ1n) is 36.3. The molecular weight excluding hydrogens is 1260 g/mol. The number of hydrogen-bond acceptors (Lipinski definition) is 6. The fraction of sp³-hybridized carbons (Fsp3) is 0.286. The van der Waals surface area contributed by atoms with Gasteiger partial charge in [0.2, 0.25) is 0 Å². The van der Waals surface area contributed by atoms with Crippen LogP contribution in [0.25, 0.3) is 72.9 Å². The van der Waals surface area contributed by atoms with Crippen LogP contribution < -0.4 is 32.1 Å². The van der Waals surface area contributed by atoms with Crippen LogP contribution in [0.1, 0.15) is 187 Å². The predicted molar refractivity (Wildman–Crippen MR) is 424 cm³/mol. The molecule has 18 bridgehead atoms. The molecule has 15 heteroatoms. The average molecular weight is 1350 g/mol. The van der Waals surface area contributed by atoms with Gasteiger partial charge in [0.05, 0.1) is 68.5 Å². The highest BCUT2D eigenvalue weighted by molar-refractivity contribution is 6.37. The largest absolute Gasteiger partial charge is 0.558 e. The van der Waals surface area contributed by atoms with Crippen LogP contribution in [0.5, 0.6) is 0 Å². The fourth-order valence-corrected chi connectivity index (χ4v) is 23.0. The summed E-state index contributed by atoms with van der Waals surface area (Å²) in [6.45, 7) is 36.4. The smallest absolute Gasteiger partial charge is 0.418 e. The third-order valence-corrected chi connectivity index (χ3v) is 28.9. The van der Waals surface area contributed by atoms with Crippen molar-refractivity contribution in [3.63, 3.8) is 0 Å². The van der Waals surface area contributed by atoms with Crippen molar-refractivity contribution >= 4 is 154 Å². The van der Waals surface area contributed by atoms with E-state index in [9.17, 15) is 0 Å². The van der Waals surface area contributed by atoms with Crippen LogP contribution in [-0.2, 0) is 25.7 Å². The van der Waals surface area contributed by atoms with E-state index in [-0.39, 0.29) is 0 Å². The Kier molecular flexibility index (Phi) is 16.6. The fourth-order valence-electron chi connectivity index (χ4n) is 17.1. The maximum atomic E-state index is 5.39. The third kappa shape index (κ3) is 10.5. The summed E-state index contributed by atoms with van der Waals surface area (Å²) in [6, 6.07) is 8.75. The van der Waals surface area contributed by atoms with Crippen LogP contribution in [-0.4, -0.2) is 103 Å². The molecule has 0 radical (unpaired) electrons. The molecule has 0 aliphatic carbocycles. The second kappa shape index (κ2) is 25.2. The van der Waals surface area contributed by atoms with Crippen molar-refractivity contribution < 1.29 is 0 Å². The minimum absolute atomic E-state index is 0.779. The van der Waals surface area contributed by atoms with E-state index in [1.165, 1.54) is 178 Å². The zero-order valence-corrected chi connectivity index (χ0v) is 64.9. The molecule has 0 saturated heterocycles. The van der Waals surface area contributed by atoms with E-state index < -0.39 is 47.0 Å². The summed E-state index contributed by atoms with van der Waals surface area (Å²) in [5.74, 6) is 0. The first-order valence-corrected chi connectivity index (χ1v) is 40.1. The Morgan fingerprint density at radius 2 is 0.657 bits per heavy atom. The van der Waals surface area contributed by atoms with Gasteiger partial charge in [-0.25, -0.2) is 30.0 Å². The first kappa shape index (κ1) is 65.0. The van der Waals surface area contributed by atoms with Gasteiger partial charge in [0.15, 0.2) is 0 Å². The van der Waals surface area contributed by atoms with Gasteiger partial charge in [-0.2, -0.15) is 0 Å². The van der Waals surface area contributed by atoms with Gasteiger partial charge >= 0.3 is 47.0 Å². The number of allylic oxidation sites excluding steroid dienone is 12. The van der Waals surface area contributed by atoms with Crippen LogP contribution in [0.2, 0.25) is 0 Å². The molecule has 12 aliphatic heterocycles. The lowest BCUT2D eigenvalue weighted by atomic mass is 9.97. The lowest BCUT2D eigenvalue weighted by Gasteiger charge is -2.15. The van der Waals surface area contributed by atoms with E-state index in [4.69, 9.17) is 30.0 Å². The Morgan fingerprint density at radius 3 is 1.07 bits per heavy atom. The number of fused-ring (bicyclic) bond motifs is 6. The zero-order valence-electron chi connectivity index (χ0n) is 60.7. The van der Waals surface area contributed by atoms with Crippen molar-refractivity contribution in [3.05, 3.63) is 238 Å². The Labute approximate surface area is 601 Å². The summed E-state index contributed by atoms with van der Waals surface area (Å²) < 4.78 is 15.6. The second-order valence-corrected chi connectivity index (χ2v) is 32.6. The summed E-state index contributed by atoms with van der Waals surface area (Å²) in [5, 5.41) is 7.77. The van der Waals surface area contributed by atoms with Crippen LogP contribution >= 0.6 is 0 Å². The monoisotopic (exact) mass is 1340 g/mol. The molecule has 0 spiro atoms. The molecule has 12 nitrogen and oxygen atoms in total. The molecular formula is C84H87Al3N12. The highest BCUT2D eigenvalue weighted by Crippen LogP contribution is 2.40. The van der Waals surface area contributed by atoms with E-state index in [0.29, 0.717) is 0 Å². The molecule has 18 heterocycles. The van der Waals surface area contributed by atoms with E-state index in [1.807, 2.05) is 0 Å². The normalized spacial score (nSPS) is 17.8. The van der Waals surface area contributed by atoms with Crippen LogP contribution in [0.3, 0.4) is 0 Å². The topological polar surface area (TPSA) is 104 Å². The highest BCUT2D eigenvalue weighted by Gasteiger charge is 2.32. The van der Waals surface area contributed by atoms with Gasteiger partial charge in [0.1, 0.15) is 0 Å². The summed E-state index contributed by atoms with van der Waals surface area (Å²) >= 11 is -2.67. The zero-order chi connectivity index (χ0) is 68.7. The quantitative estimate of drug-likeness (QED) is 0.136. The molecule has 0 amide bonds. The molecule has 0 unspecified atom stereocenters. The maximum absolute atomic E-state index is 5.39. The molecule has 12 aliphatic rings. The molecule has 0 fully saturated rings. The predicted octanol–water partition coefficient (Wildman–Crippen LogP) is 11.9. The molecule has 0 aromatic carbocycles. The van der Waals surface area contributed by atoms with Gasteiger partial charge in [-0.15, -0.1) is 0 Å². The summed E-state index contributed by atoms with van der Waals surface area (Å²) in [6.07, 6.45) is 44.3.